The Morgan fingerprint density at radius 2 is 1.32 bits per heavy atom. The fraction of sp³-hybridized carbons (Fsp3) is 0.704. The van der Waals surface area contributed by atoms with Crippen LogP contribution in [0, 0.1) is 6.92 Å². The molecule has 0 radical (unpaired) electrons. The van der Waals surface area contributed by atoms with E-state index in [1.807, 2.05) is 0 Å². The van der Waals surface area contributed by atoms with E-state index in [0.29, 0.717) is 0 Å². The summed E-state index contributed by atoms with van der Waals surface area (Å²) in [5, 5.41) is 0. The van der Waals surface area contributed by atoms with E-state index in [-0.39, 0.29) is 0 Å². The fourth-order valence-electron chi connectivity index (χ4n) is 4.60. The van der Waals surface area contributed by atoms with Crippen molar-refractivity contribution in [2.75, 3.05) is 0 Å². The summed E-state index contributed by atoms with van der Waals surface area (Å²) in [7, 11) is 0. The first-order valence-electron chi connectivity index (χ1n) is 12.2. The smallest absolute Gasteiger partial charge is 0.0453 e. The number of aromatic amines is 1. The minimum atomic E-state index is 1.15. The van der Waals surface area contributed by atoms with Crippen molar-refractivity contribution in [3.63, 3.8) is 0 Å². The maximum absolute atomic E-state index is 3.73. The van der Waals surface area contributed by atoms with E-state index in [4.69, 9.17) is 0 Å². The number of aryl methyl sites for hydroxylation is 2. The zero-order chi connectivity index (χ0) is 20.2. The van der Waals surface area contributed by atoms with E-state index in [1.54, 1.807) is 16.7 Å². The molecule has 0 amide bonds. The zero-order valence-electron chi connectivity index (χ0n) is 19.3. The molecule has 1 aliphatic rings. The molecule has 0 unspecified atom stereocenters. The van der Waals surface area contributed by atoms with Crippen LogP contribution in [0.4, 0.5) is 0 Å². The van der Waals surface area contributed by atoms with E-state index >= 15 is 0 Å². The molecule has 1 aliphatic carbocycles. The maximum atomic E-state index is 3.73. The Balaban J connectivity index is 1.93. The predicted octanol–water partition coefficient (Wildman–Crippen LogP) is 9.08. The predicted molar refractivity (Wildman–Crippen MR) is 126 cm³/mol. The molecule has 0 spiro atoms. The van der Waals surface area contributed by atoms with E-state index in [2.05, 4.69) is 44.8 Å². The molecule has 1 N–H and O–H groups in total. The lowest BCUT2D eigenvalue weighted by Gasteiger charge is -2.10. The molecule has 0 aliphatic heterocycles. The van der Waals surface area contributed by atoms with Gasteiger partial charge in [-0.05, 0) is 68.7 Å². The molecular weight excluding hydrogens is 338 g/mol. The third-order valence-corrected chi connectivity index (χ3v) is 6.20. The molecule has 0 atom stereocenters. The van der Waals surface area contributed by atoms with Crippen LogP contribution < -0.4 is 0 Å². The monoisotopic (exact) mass is 383 g/mol. The first-order chi connectivity index (χ1) is 13.7. The van der Waals surface area contributed by atoms with Crippen molar-refractivity contribution < 1.29 is 0 Å². The average Bonchev–Trinajstić information content (AvgIpc) is 3.22. The molecule has 28 heavy (non-hydrogen) atoms. The summed E-state index contributed by atoms with van der Waals surface area (Å²) in [5.41, 5.74) is 9.09. The van der Waals surface area contributed by atoms with Gasteiger partial charge < -0.3 is 4.98 Å². The number of H-pyrrole nitrogens is 1. The second-order valence-corrected chi connectivity index (χ2v) is 9.06. The average molecular weight is 384 g/mol. The van der Waals surface area contributed by atoms with Gasteiger partial charge in [-0.3, -0.25) is 0 Å². The molecule has 2 rings (SSSR count). The second-order valence-electron chi connectivity index (χ2n) is 9.06. The highest BCUT2D eigenvalue weighted by Crippen LogP contribution is 2.37. The van der Waals surface area contributed by atoms with Gasteiger partial charge in [0, 0.05) is 11.4 Å². The topological polar surface area (TPSA) is 15.8 Å². The van der Waals surface area contributed by atoms with Gasteiger partial charge in [-0.25, -0.2) is 0 Å². The minimum absolute atomic E-state index is 1.15. The van der Waals surface area contributed by atoms with Crippen molar-refractivity contribution in [1.82, 2.24) is 4.98 Å². The Labute approximate surface area is 175 Å². The number of hydrogen-bond acceptors (Lipinski definition) is 0. The standard InChI is InChI=1S/C27H45N/c1-5-7-9-11-13-15-17-24-19-22(3)20-26(24)27-25(21-23(4)28-27)18-16-14-12-10-8-6-2/h19,21,28H,5-18,20H2,1-4H3. The Hall–Kier alpha value is -1.24. The Morgan fingerprint density at radius 1 is 0.750 bits per heavy atom. The summed E-state index contributed by atoms with van der Waals surface area (Å²) in [6.45, 7) is 9.11. The van der Waals surface area contributed by atoms with Gasteiger partial charge in [-0.2, -0.15) is 0 Å². The van der Waals surface area contributed by atoms with Crippen LogP contribution in [0.25, 0.3) is 5.57 Å². The molecule has 1 aromatic rings. The van der Waals surface area contributed by atoms with Crippen LogP contribution in [0.3, 0.4) is 0 Å². The van der Waals surface area contributed by atoms with Crippen LogP contribution in [0.1, 0.15) is 128 Å². The van der Waals surface area contributed by atoms with Crippen molar-refractivity contribution >= 4 is 5.57 Å². The van der Waals surface area contributed by atoms with Crippen molar-refractivity contribution in [3.05, 3.63) is 40.2 Å². The largest absolute Gasteiger partial charge is 0.359 e. The molecule has 0 bridgehead atoms. The molecule has 0 saturated heterocycles. The molecule has 1 nitrogen and oxygen atoms in total. The summed E-state index contributed by atoms with van der Waals surface area (Å²) in [5.74, 6) is 0. The van der Waals surface area contributed by atoms with E-state index in [1.165, 1.54) is 107 Å². The number of unbranched alkanes of at least 4 members (excludes halogenated alkanes) is 10. The number of hydrogen-bond donors (Lipinski definition) is 1. The fourth-order valence-corrected chi connectivity index (χ4v) is 4.60. The molecule has 1 aromatic heterocycles. The van der Waals surface area contributed by atoms with Crippen LogP contribution in [0.5, 0.6) is 0 Å². The summed E-state index contributed by atoms with van der Waals surface area (Å²) >= 11 is 0. The van der Waals surface area contributed by atoms with Crippen molar-refractivity contribution in [2.45, 2.75) is 124 Å². The van der Waals surface area contributed by atoms with E-state index in [0.717, 1.165) is 6.42 Å². The summed E-state index contributed by atoms with van der Waals surface area (Å²) in [6, 6.07) is 2.41. The van der Waals surface area contributed by atoms with Gasteiger partial charge in [0.2, 0.25) is 0 Å². The summed E-state index contributed by atoms with van der Waals surface area (Å²) < 4.78 is 0. The number of rotatable bonds is 15. The Kier molecular flexibility index (Phi) is 10.8. The van der Waals surface area contributed by atoms with Gasteiger partial charge in [-0.1, -0.05) is 89.7 Å². The van der Waals surface area contributed by atoms with Crippen LogP contribution in [-0.4, -0.2) is 4.98 Å². The minimum Gasteiger partial charge on any atom is -0.359 e. The third kappa shape index (κ3) is 7.64. The molecule has 0 saturated carbocycles. The van der Waals surface area contributed by atoms with Gasteiger partial charge in [0.15, 0.2) is 0 Å². The van der Waals surface area contributed by atoms with Gasteiger partial charge in [0.1, 0.15) is 0 Å². The van der Waals surface area contributed by atoms with E-state index in [9.17, 15) is 0 Å². The highest BCUT2D eigenvalue weighted by molar-refractivity contribution is 5.76. The lowest BCUT2D eigenvalue weighted by molar-refractivity contribution is 0.607. The highest BCUT2D eigenvalue weighted by Gasteiger charge is 2.19. The first kappa shape index (κ1) is 23.0. The van der Waals surface area contributed by atoms with Gasteiger partial charge in [0.05, 0.1) is 0 Å². The number of nitrogens with one attached hydrogen (secondary N) is 1. The van der Waals surface area contributed by atoms with Crippen LogP contribution >= 0.6 is 0 Å². The summed E-state index contributed by atoms with van der Waals surface area (Å²) in [4.78, 5) is 3.73. The molecule has 0 aromatic carbocycles. The third-order valence-electron chi connectivity index (χ3n) is 6.20. The lowest BCUT2D eigenvalue weighted by Crippen LogP contribution is -1.94. The zero-order valence-corrected chi connectivity index (χ0v) is 19.3. The van der Waals surface area contributed by atoms with Crippen LogP contribution in [0.15, 0.2) is 23.3 Å². The second kappa shape index (κ2) is 13.1. The SMILES string of the molecule is CCCCCCCCC1=C(c2[nH]c(C)cc2CCCCCCCC)CC(C)=C1. The van der Waals surface area contributed by atoms with Crippen molar-refractivity contribution in [1.29, 1.82) is 0 Å². The van der Waals surface area contributed by atoms with Gasteiger partial charge in [0.25, 0.3) is 0 Å². The highest BCUT2D eigenvalue weighted by atomic mass is 14.7. The lowest BCUT2D eigenvalue weighted by atomic mass is 9.96. The normalized spacial score (nSPS) is 14.2. The van der Waals surface area contributed by atoms with Crippen molar-refractivity contribution in [2.24, 2.45) is 0 Å². The number of aromatic nitrogens is 1. The van der Waals surface area contributed by atoms with Crippen LogP contribution in [0.2, 0.25) is 0 Å². The quantitative estimate of drug-likeness (QED) is 0.291. The van der Waals surface area contributed by atoms with Gasteiger partial charge in [-0.15, -0.1) is 0 Å². The van der Waals surface area contributed by atoms with E-state index < -0.39 is 0 Å². The Bertz CT molecular complexity index is 629. The molecule has 1 heteroatoms. The van der Waals surface area contributed by atoms with Crippen LogP contribution in [-0.2, 0) is 6.42 Å². The van der Waals surface area contributed by atoms with Crippen molar-refractivity contribution in [3.8, 4) is 0 Å². The molecular formula is C27H45N. The summed E-state index contributed by atoms with van der Waals surface area (Å²) in [6.07, 6.45) is 22.7. The molecule has 1 heterocycles. The Morgan fingerprint density at radius 3 is 1.96 bits per heavy atom. The van der Waals surface area contributed by atoms with Gasteiger partial charge >= 0.3 is 0 Å². The molecule has 158 valence electrons. The maximum Gasteiger partial charge on any atom is 0.0453 e. The molecule has 0 fully saturated rings. The first-order valence-corrected chi connectivity index (χ1v) is 12.2. The number of allylic oxidation sites excluding steroid dienone is 4.